The molecule has 0 radical (unpaired) electrons. The lowest BCUT2D eigenvalue weighted by Crippen LogP contribution is -2.45. The molecule has 0 spiro atoms. The predicted molar refractivity (Wildman–Crippen MR) is 79.3 cm³/mol. The minimum Gasteiger partial charge on any atom is -0.299 e. The highest BCUT2D eigenvalue weighted by molar-refractivity contribution is 14.1. The Balaban J connectivity index is 2.97. The topological polar surface area (TPSA) is 60.4 Å². The summed E-state index contributed by atoms with van der Waals surface area (Å²) in [5.41, 5.74) is 0.180. The summed E-state index contributed by atoms with van der Waals surface area (Å²) in [5, 5.41) is 0. The third-order valence-electron chi connectivity index (χ3n) is 3.31. The molecule has 1 rings (SSSR count). The predicted octanol–water partition coefficient (Wildman–Crippen LogP) is 2.47. The Hall–Kier alpha value is 0.0500. The summed E-state index contributed by atoms with van der Waals surface area (Å²) in [6, 6.07) is 0. The summed E-state index contributed by atoms with van der Waals surface area (Å²) in [4.78, 5) is 12.1. The van der Waals surface area contributed by atoms with Gasteiger partial charge in [-0.25, -0.2) is 0 Å². The van der Waals surface area contributed by atoms with Gasteiger partial charge in [0.15, 0.2) is 0 Å². The van der Waals surface area contributed by atoms with E-state index in [4.69, 9.17) is 4.18 Å². The highest BCUT2D eigenvalue weighted by atomic mass is 127. The molecule has 2 atom stereocenters. The second kappa shape index (κ2) is 6.00. The normalized spacial score (nSPS) is 29.3. The van der Waals surface area contributed by atoms with Crippen molar-refractivity contribution >= 4 is 38.5 Å². The quantitative estimate of drug-likeness (QED) is 0.315. The summed E-state index contributed by atoms with van der Waals surface area (Å²) in [5.74, 6) is 0.0772. The largest absolute Gasteiger partial charge is 0.299 e. The van der Waals surface area contributed by atoms with Gasteiger partial charge in [0.05, 0.1) is 17.8 Å². The van der Waals surface area contributed by atoms with E-state index in [1.807, 2.05) is 0 Å². The van der Waals surface area contributed by atoms with Crippen LogP contribution in [0.4, 0.5) is 0 Å². The zero-order valence-corrected chi connectivity index (χ0v) is 13.7. The van der Waals surface area contributed by atoms with Crippen molar-refractivity contribution in [2.75, 3.05) is 10.7 Å². The molecule has 4 nitrogen and oxygen atoms in total. The van der Waals surface area contributed by atoms with Gasteiger partial charge in [-0.3, -0.25) is 8.98 Å². The van der Waals surface area contributed by atoms with E-state index in [-0.39, 0.29) is 5.78 Å². The maximum absolute atomic E-state index is 12.1. The van der Waals surface area contributed by atoms with Crippen molar-refractivity contribution in [2.45, 2.75) is 38.7 Å². The lowest BCUT2D eigenvalue weighted by Gasteiger charge is -2.39. The molecule has 0 aromatic rings. The first-order valence-electron chi connectivity index (χ1n) is 5.83. The van der Waals surface area contributed by atoms with Crippen LogP contribution < -0.4 is 0 Å². The number of carbonyl (C=O) groups excluding carboxylic acids is 1. The number of Topliss-reactive ketones (excluding diaryl/α,β-unsaturated/α-hetero) is 1. The molecule has 0 heterocycles. The van der Waals surface area contributed by atoms with Crippen LogP contribution in [0.15, 0.2) is 12.2 Å². The molecule has 0 aromatic carbocycles. The van der Waals surface area contributed by atoms with Crippen molar-refractivity contribution in [1.82, 2.24) is 0 Å². The van der Waals surface area contributed by atoms with Gasteiger partial charge in [-0.05, 0) is 26.2 Å². The van der Waals surface area contributed by atoms with Crippen molar-refractivity contribution in [3.05, 3.63) is 12.2 Å². The monoisotopic (exact) mass is 386 g/mol. The number of hydrogen-bond donors (Lipinski definition) is 0. The fraction of sp³-hybridized carbons (Fsp3) is 0.750. The Labute approximate surface area is 122 Å². The maximum Gasteiger partial charge on any atom is 0.264 e. The number of halogens is 1. The third kappa shape index (κ3) is 4.03. The number of alkyl halides is 1. The summed E-state index contributed by atoms with van der Waals surface area (Å²) < 4.78 is 28.5. The summed E-state index contributed by atoms with van der Waals surface area (Å²) in [6.07, 6.45) is 2.74. The van der Waals surface area contributed by atoms with Crippen LogP contribution in [0.25, 0.3) is 0 Å². The van der Waals surface area contributed by atoms with E-state index in [2.05, 4.69) is 29.2 Å². The third-order valence-corrected chi connectivity index (χ3v) is 4.98. The van der Waals surface area contributed by atoms with Crippen molar-refractivity contribution in [3.63, 3.8) is 0 Å². The SMILES string of the molecule is C=C(CI)C[C@]1(C)C(=O)CCC[C@@H]1OS(C)(=O)=O. The summed E-state index contributed by atoms with van der Waals surface area (Å²) >= 11 is 2.19. The molecular formula is C12H19IO4S. The number of allylic oxidation sites excluding steroid dienone is 1. The van der Waals surface area contributed by atoms with Gasteiger partial charge < -0.3 is 0 Å². The van der Waals surface area contributed by atoms with E-state index >= 15 is 0 Å². The number of carbonyl (C=O) groups is 1. The minimum atomic E-state index is -3.54. The van der Waals surface area contributed by atoms with Gasteiger partial charge in [0.2, 0.25) is 0 Å². The van der Waals surface area contributed by atoms with Crippen LogP contribution >= 0.6 is 22.6 Å². The molecule has 0 unspecified atom stereocenters. The van der Waals surface area contributed by atoms with Crippen LogP contribution in [0.5, 0.6) is 0 Å². The summed E-state index contributed by atoms with van der Waals surface area (Å²) in [7, 11) is -3.54. The molecule has 0 aliphatic heterocycles. The van der Waals surface area contributed by atoms with E-state index in [9.17, 15) is 13.2 Å². The van der Waals surface area contributed by atoms with Crippen molar-refractivity contribution in [1.29, 1.82) is 0 Å². The minimum absolute atomic E-state index is 0.0772. The van der Waals surface area contributed by atoms with Gasteiger partial charge in [0, 0.05) is 10.8 Å². The van der Waals surface area contributed by atoms with E-state index in [0.29, 0.717) is 25.7 Å². The first-order chi connectivity index (χ1) is 8.19. The Morgan fingerprint density at radius 1 is 1.61 bits per heavy atom. The molecule has 18 heavy (non-hydrogen) atoms. The standard InChI is InChI=1S/C12H19IO4S/c1-9(8-13)7-12(2)10(14)5-4-6-11(12)17-18(3,15)16/h11H,1,4-8H2,2-3H3/t11-,12+/m0/s1. The Bertz CT molecular complexity index is 443. The summed E-state index contributed by atoms with van der Waals surface area (Å²) in [6.45, 7) is 5.71. The number of ketones is 1. The van der Waals surface area contributed by atoms with Crippen LogP contribution in [-0.2, 0) is 19.1 Å². The molecule has 0 N–H and O–H groups in total. The van der Waals surface area contributed by atoms with Crippen LogP contribution in [-0.4, -0.2) is 31.0 Å². The average Bonchev–Trinajstić information content (AvgIpc) is 2.23. The van der Waals surface area contributed by atoms with Gasteiger partial charge in [-0.2, -0.15) is 8.42 Å². The van der Waals surface area contributed by atoms with E-state index < -0.39 is 21.6 Å². The second-order valence-corrected chi connectivity index (χ2v) is 7.45. The highest BCUT2D eigenvalue weighted by Crippen LogP contribution is 2.41. The number of rotatable bonds is 5. The van der Waals surface area contributed by atoms with Crippen LogP contribution in [0.2, 0.25) is 0 Å². The molecule has 104 valence electrons. The molecule has 0 saturated heterocycles. The Kier molecular flexibility index (Phi) is 5.37. The lowest BCUT2D eigenvalue weighted by atomic mass is 9.69. The van der Waals surface area contributed by atoms with Gasteiger partial charge in [-0.1, -0.05) is 34.7 Å². The first-order valence-corrected chi connectivity index (χ1v) is 9.17. The molecule has 0 amide bonds. The second-order valence-electron chi connectivity index (χ2n) is 5.08. The van der Waals surface area contributed by atoms with Crippen molar-refractivity contribution < 1.29 is 17.4 Å². The number of hydrogen-bond acceptors (Lipinski definition) is 4. The van der Waals surface area contributed by atoms with Gasteiger partial charge in [0.1, 0.15) is 5.78 Å². The van der Waals surface area contributed by atoms with Crippen molar-refractivity contribution in [3.8, 4) is 0 Å². The molecule has 1 aliphatic rings. The Morgan fingerprint density at radius 2 is 2.22 bits per heavy atom. The molecule has 1 fully saturated rings. The molecule has 1 aliphatic carbocycles. The van der Waals surface area contributed by atoms with Gasteiger partial charge in [-0.15, -0.1) is 0 Å². The van der Waals surface area contributed by atoms with Crippen LogP contribution in [0.1, 0.15) is 32.6 Å². The molecular weight excluding hydrogens is 367 g/mol. The first kappa shape index (κ1) is 16.1. The van der Waals surface area contributed by atoms with Gasteiger partial charge >= 0.3 is 0 Å². The lowest BCUT2D eigenvalue weighted by molar-refractivity contribution is -0.136. The fourth-order valence-corrected chi connectivity index (χ4v) is 3.38. The average molecular weight is 386 g/mol. The van der Waals surface area contributed by atoms with E-state index in [1.165, 1.54) is 0 Å². The molecule has 6 heteroatoms. The zero-order valence-electron chi connectivity index (χ0n) is 10.7. The van der Waals surface area contributed by atoms with Crippen LogP contribution in [0, 0.1) is 5.41 Å². The van der Waals surface area contributed by atoms with Crippen LogP contribution in [0.3, 0.4) is 0 Å². The highest BCUT2D eigenvalue weighted by Gasteiger charge is 2.45. The maximum atomic E-state index is 12.1. The van der Waals surface area contributed by atoms with E-state index in [1.54, 1.807) is 6.92 Å². The molecule has 1 saturated carbocycles. The molecule has 0 bridgehead atoms. The fourth-order valence-electron chi connectivity index (χ4n) is 2.38. The smallest absolute Gasteiger partial charge is 0.264 e. The Morgan fingerprint density at radius 3 is 2.72 bits per heavy atom. The van der Waals surface area contributed by atoms with Gasteiger partial charge in [0.25, 0.3) is 10.1 Å². The van der Waals surface area contributed by atoms with E-state index in [0.717, 1.165) is 16.3 Å². The zero-order chi connectivity index (χ0) is 14.0. The molecule has 0 aromatic heterocycles. The van der Waals surface area contributed by atoms with Crippen molar-refractivity contribution in [2.24, 2.45) is 5.41 Å².